The zero-order valence-electron chi connectivity index (χ0n) is 11.4. The van der Waals surface area contributed by atoms with Crippen molar-refractivity contribution in [3.63, 3.8) is 0 Å². The fourth-order valence-electron chi connectivity index (χ4n) is 2.03. The van der Waals surface area contributed by atoms with E-state index in [9.17, 15) is 4.79 Å². The van der Waals surface area contributed by atoms with E-state index in [1.165, 1.54) is 11.8 Å². The Morgan fingerprint density at radius 1 is 1.33 bits per heavy atom. The third-order valence-electron chi connectivity index (χ3n) is 2.94. The first kappa shape index (κ1) is 13.6. The van der Waals surface area contributed by atoms with Gasteiger partial charge in [0.1, 0.15) is 5.03 Å². The monoisotopic (exact) mass is 302 g/mol. The number of aromatic amines is 1. The number of rotatable bonds is 4. The number of fused-ring (bicyclic) bond motifs is 1. The molecule has 108 valence electrons. The molecule has 0 aliphatic rings. The highest BCUT2D eigenvalue weighted by Crippen LogP contribution is 2.30. The SMILES string of the molecule is CCCn1c(Sc2nc(N)nc3ccccc23)n[nH]c1=O. The Balaban J connectivity index is 2.08. The maximum atomic E-state index is 11.7. The molecule has 0 saturated heterocycles. The number of nitrogens with two attached hydrogens (primary N) is 1. The Hall–Kier alpha value is -2.35. The van der Waals surface area contributed by atoms with Crippen LogP contribution in [0.3, 0.4) is 0 Å². The van der Waals surface area contributed by atoms with Crippen molar-refractivity contribution >= 4 is 28.6 Å². The van der Waals surface area contributed by atoms with Crippen LogP contribution in [0.25, 0.3) is 10.9 Å². The van der Waals surface area contributed by atoms with Crippen LogP contribution < -0.4 is 11.4 Å². The van der Waals surface area contributed by atoms with Crippen molar-refractivity contribution in [1.82, 2.24) is 24.7 Å². The fourth-order valence-corrected chi connectivity index (χ4v) is 3.00. The van der Waals surface area contributed by atoms with Gasteiger partial charge in [-0.1, -0.05) is 25.1 Å². The molecule has 0 unspecified atom stereocenters. The summed E-state index contributed by atoms with van der Waals surface area (Å²) in [6.45, 7) is 2.61. The van der Waals surface area contributed by atoms with Gasteiger partial charge in [-0.05, 0) is 24.2 Å². The Bertz CT molecular complexity index is 840. The first-order chi connectivity index (χ1) is 10.2. The summed E-state index contributed by atoms with van der Waals surface area (Å²) in [5.41, 5.74) is 6.30. The molecule has 21 heavy (non-hydrogen) atoms. The lowest BCUT2D eigenvalue weighted by Crippen LogP contribution is -2.17. The smallest absolute Gasteiger partial charge is 0.343 e. The predicted molar refractivity (Wildman–Crippen MR) is 81.2 cm³/mol. The molecule has 0 spiro atoms. The van der Waals surface area contributed by atoms with Crippen molar-refractivity contribution < 1.29 is 0 Å². The van der Waals surface area contributed by atoms with Gasteiger partial charge < -0.3 is 5.73 Å². The fraction of sp³-hybridized carbons (Fsp3) is 0.231. The van der Waals surface area contributed by atoms with Crippen molar-refractivity contribution in [2.24, 2.45) is 0 Å². The van der Waals surface area contributed by atoms with Crippen LogP contribution >= 0.6 is 11.8 Å². The number of nitrogens with one attached hydrogen (secondary N) is 1. The van der Waals surface area contributed by atoms with Crippen LogP contribution in [-0.2, 0) is 6.54 Å². The number of para-hydroxylation sites is 1. The van der Waals surface area contributed by atoms with E-state index in [2.05, 4.69) is 20.2 Å². The highest BCUT2D eigenvalue weighted by molar-refractivity contribution is 7.99. The molecule has 2 heterocycles. The molecule has 7 nitrogen and oxygen atoms in total. The summed E-state index contributed by atoms with van der Waals surface area (Å²) in [4.78, 5) is 20.2. The van der Waals surface area contributed by atoms with Gasteiger partial charge in [-0.25, -0.2) is 19.9 Å². The summed E-state index contributed by atoms with van der Waals surface area (Å²) in [6, 6.07) is 7.60. The highest BCUT2D eigenvalue weighted by atomic mass is 32.2. The number of aromatic nitrogens is 5. The van der Waals surface area contributed by atoms with Crippen LogP contribution in [0, 0.1) is 0 Å². The zero-order valence-corrected chi connectivity index (χ0v) is 12.2. The minimum absolute atomic E-state index is 0.205. The van der Waals surface area contributed by atoms with E-state index in [0.29, 0.717) is 16.7 Å². The highest BCUT2D eigenvalue weighted by Gasteiger charge is 2.13. The second-order valence-corrected chi connectivity index (χ2v) is 5.43. The van der Waals surface area contributed by atoms with E-state index >= 15 is 0 Å². The average Bonchev–Trinajstić information content (AvgIpc) is 2.80. The number of hydrogen-bond donors (Lipinski definition) is 2. The van der Waals surface area contributed by atoms with E-state index < -0.39 is 0 Å². The minimum atomic E-state index is -0.217. The van der Waals surface area contributed by atoms with Crippen molar-refractivity contribution in [1.29, 1.82) is 0 Å². The number of nitrogens with zero attached hydrogens (tertiary/aromatic N) is 4. The summed E-state index contributed by atoms with van der Waals surface area (Å²) in [5, 5.41) is 8.67. The topological polar surface area (TPSA) is 102 Å². The third kappa shape index (κ3) is 2.62. The molecule has 3 N–H and O–H groups in total. The van der Waals surface area contributed by atoms with Crippen LogP contribution in [0.5, 0.6) is 0 Å². The van der Waals surface area contributed by atoms with E-state index in [4.69, 9.17) is 5.73 Å². The van der Waals surface area contributed by atoms with Gasteiger partial charge in [-0.2, -0.15) is 0 Å². The standard InChI is InChI=1S/C13H14N6OS/c1-2-7-19-12(20)17-18-13(19)21-10-8-5-3-4-6-9(8)15-11(14)16-10/h3-6H,2,7H2,1H3,(H,17,20)(H2,14,15,16). The molecule has 0 saturated carbocycles. The molecular weight excluding hydrogens is 288 g/mol. The molecule has 0 amide bonds. The second kappa shape index (κ2) is 5.57. The number of hydrogen-bond acceptors (Lipinski definition) is 6. The summed E-state index contributed by atoms with van der Waals surface area (Å²) in [5.74, 6) is 0.205. The van der Waals surface area contributed by atoms with Crippen LogP contribution in [0.1, 0.15) is 13.3 Å². The summed E-state index contributed by atoms with van der Waals surface area (Å²) in [6.07, 6.45) is 0.847. The summed E-state index contributed by atoms with van der Waals surface area (Å²) in [7, 11) is 0. The number of nitrogen functional groups attached to an aromatic ring is 1. The Morgan fingerprint density at radius 2 is 2.14 bits per heavy atom. The molecule has 1 aromatic carbocycles. The molecule has 0 aliphatic carbocycles. The molecule has 3 aromatic rings. The molecule has 2 aromatic heterocycles. The van der Waals surface area contributed by atoms with Gasteiger partial charge in [0.05, 0.1) is 5.52 Å². The summed E-state index contributed by atoms with van der Waals surface area (Å²) >= 11 is 1.31. The molecular formula is C13H14N6OS. The Morgan fingerprint density at radius 3 is 2.95 bits per heavy atom. The van der Waals surface area contributed by atoms with Crippen LogP contribution in [0.4, 0.5) is 5.95 Å². The Kier molecular flexibility index (Phi) is 3.61. The average molecular weight is 302 g/mol. The molecule has 3 rings (SSSR count). The molecule has 0 bridgehead atoms. The number of anilines is 1. The van der Waals surface area contributed by atoms with Crippen LogP contribution in [0.15, 0.2) is 39.2 Å². The summed E-state index contributed by atoms with van der Waals surface area (Å²) < 4.78 is 1.59. The van der Waals surface area contributed by atoms with Crippen molar-refractivity contribution in [3.8, 4) is 0 Å². The van der Waals surface area contributed by atoms with Crippen molar-refractivity contribution in [3.05, 3.63) is 34.7 Å². The quantitative estimate of drug-likeness (QED) is 0.710. The molecule has 0 radical (unpaired) electrons. The van der Waals surface area contributed by atoms with Crippen molar-refractivity contribution in [2.75, 3.05) is 5.73 Å². The van der Waals surface area contributed by atoms with Gasteiger partial charge in [0.25, 0.3) is 0 Å². The van der Waals surface area contributed by atoms with E-state index in [-0.39, 0.29) is 11.6 Å². The maximum absolute atomic E-state index is 11.7. The third-order valence-corrected chi connectivity index (χ3v) is 3.94. The molecule has 0 fully saturated rings. The first-order valence-corrected chi connectivity index (χ1v) is 7.36. The number of benzene rings is 1. The van der Waals surface area contributed by atoms with Gasteiger partial charge >= 0.3 is 5.69 Å². The largest absolute Gasteiger partial charge is 0.368 e. The molecule has 0 atom stereocenters. The van der Waals surface area contributed by atoms with Crippen LogP contribution in [-0.4, -0.2) is 24.7 Å². The van der Waals surface area contributed by atoms with E-state index in [0.717, 1.165) is 17.3 Å². The van der Waals surface area contributed by atoms with Gasteiger partial charge in [0.15, 0.2) is 5.16 Å². The lowest BCUT2D eigenvalue weighted by molar-refractivity contribution is 0.603. The van der Waals surface area contributed by atoms with E-state index in [1.54, 1.807) is 4.57 Å². The Labute approximate surface area is 124 Å². The van der Waals surface area contributed by atoms with Crippen LogP contribution in [0.2, 0.25) is 0 Å². The van der Waals surface area contributed by atoms with Crippen molar-refractivity contribution in [2.45, 2.75) is 30.1 Å². The first-order valence-electron chi connectivity index (χ1n) is 6.54. The molecule has 8 heteroatoms. The minimum Gasteiger partial charge on any atom is -0.368 e. The number of H-pyrrole nitrogens is 1. The van der Waals surface area contributed by atoms with Gasteiger partial charge in [0.2, 0.25) is 5.95 Å². The second-order valence-electron chi connectivity index (χ2n) is 4.47. The predicted octanol–water partition coefficient (Wildman–Crippen LogP) is 1.66. The lowest BCUT2D eigenvalue weighted by Gasteiger charge is -2.06. The zero-order chi connectivity index (χ0) is 14.8. The van der Waals surface area contributed by atoms with Gasteiger partial charge in [-0.15, -0.1) is 5.10 Å². The van der Waals surface area contributed by atoms with Gasteiger partial charge in [-0.3, -0.25) is 4.57 Å². The lowest BCUT2D eigenvalue weighted by atomic mass is 10.2. The molecule has 0 aliphatic heterocycles. The maximum Gasteiger partial charge on any atom is 0.343 e. The normalized spacial score (nSPS) is 11.1. The van der Waals surface area contributed by atoms with E-state index in [1.807, 2.05) is 31.2 Å². The van der Waals surface area contributed by atoms with Gasteiger partial charge in [0, 0.05) is 11.9 Å².